The number of halogens is 2. The molecule has 0 saturated heterocycles. The van der Waals surface area contributed by atoms with E-state index in [-0.39, 0.29) is 5.82 Å². The van der Waals surface area contributed by atoms with Crippen molar-refractivity contribution >= 4 is 15.9 Å². The highest BCUT2D eigenvalue weighted by atomic mass is 79.9. The molecule has 0 saturated carbocycles. The Labute approximate surface area is 99.2 Å². The van der Waals surface area contributed by atoms with Crippen molar-refractivity contribution in [3.8, 4) is 0 Å². The minimum atomic E-state index is -0.121. The first-order chi connectivity index (χ1) is 7.13. The highest BCUT2D eigenvalue weighted by molar-refractivity contribution is 9.10. The molecule has 0 aliphatic heterocycles. The van der Waals surface area contributed by atoms with E-state index < -0.39 is 0 Å². The van der Waals surface area contributed by atoms with E-state index in [2.05, 4.69) is 35.1 Å². The zero-order chi connectivity index (χ0) is 11.3. The van der Waals surface area contributed by atoms with Gasteiger partial charge >= 0.3 is 0 Å². The summed E-state index contributed by atoms with van der Waals surface area (Å²) in [6, 6.07) is 5.57. The van der Waals surface area contributed by atoms with E-state index >= 15 is 0 Å². The molecule has 0 heterocycles. The number of benzene rings is 1. The van der Waals surface area contributed by atoms with E-state index in [0.717, 1.165) is 29.4 Å². The van der Waals surface area contributed by atoms with Crippen LogP contribution in [0.1, 0.15) is 25.8 Å². The van der Waals surface area contributed by atoms with Crippen molar-refractivity contribution in [3.05, 3.63) is 34.1 Å². The Morgan fingerprint density at radius 1 is 1.47 bits per heavy atom. The van der Waals surface area contributed by atoms with Crippen LogP contribution in [0.4, 0.5) is 4.39 Å². The van der Waals surface area contributed by atoms with Crippen molar-refractivity contribution in [2.75, 3.05) is 6.54 Å². The molecule has 0 aromatic heterocycles. The van der Waals surface area contributed by atoms with Crippen molar-refractivity contribution in [1.29, 1.82) is 0 Å². The average Bonchev–Trinajstić information content (AvgIpc) is 2.23. The minimum absolute atomic E-state index is 0.121. The summed E-state index contributed by atoms with van der Waals surface area (Å²) in [5.74, 6) is -0.121. The Kier molecular flexibility index (Phi) is 5.26. The molecular weight excluding hydrogens is 257 g/mol. The van der Waals surface area contributed by atoms with Crippen LogP contribution in [0.15, 0.2) is 22.7 Å². The highest BCUT2D eigenvalue weighted by Crippen LogP contribution is 2.15. The number of rotatable bonds is 5. The summed E-state index contributed by atoms with van der Waals surface area (Å²) in [5.41, 5.74) is 0.764. The molecule has 0 fully saturated rings. The fourth-order valence-corrected chi connectivity index (χ4v) is 1.74. The maximum atomic E-state index is 13.3. The first kappa shape index (κ1) is 12.7. The number of hydrogen-bond acceptors (Lipinski definition) is 1. The highest BCUT2D eigenvalue weighted by Gasteiger charge is 2.03. The second kappa shape index (κ2) is 6.23. The molecule has 3 heteroatoms. The van der Waals surface area contributed by atoms with Gasteiger partial charge in [0.1, 0.15) is 5.82 Å². The van der Waals surface area contributed by atoms with Crippen molar-refractivity contribution in [2.45, 2.75) is 32.7 Å². The largest absolute Gasteiger partial charge is 0.314 e. The lowest BCUT2D eigenvalue weighted by molar-refractivity contribution is 0.529. The van der Waals surface area contributed by atoms with Crippen LogP contribution in [0.5, 0.6) is 0 Å². The zero-order valence-electron chi connectivity index (χ0n) is 9.19. The first-order valence-electron chi connectivity index (χ1n) is 5.30. The molecule has 1 aromatic rings. The van der Waals surface area contributed by atoms with E-state index in [1.807, 2.05) is 6.07 Å². The van der Waals surface area contributed by atoms with Crippen molar-refractivity contribution < 1.29 is 4.39 Å². The Morgan fingerprint density at radius 3 is 2.87 bits per heavy atom. The van der Waals surface area contributed by atoms with E-state index in [4.69, 9.17) is 0 Å². The quantitative estimate of drug-likeness (QED) is 0.866. The molecule has 1 nitrogen and oxygen atoms in total. The average molecular weight is 274 g/mol. The van der Waals surface area contributed by atoms with Crippen LogP contribution >= 0.6 is 15.9 Å². The standard InChI is InChI=1S/C12H17BrFN/c1-3-9(2)15-7-6-10-8-11(13)4-5-12(10)14/h4-5,8-9,15H,3,6-7H2,1-2H3. The predicted molar refractivity (Wildman–Crippen MR) is 65.6 cm³/mol. The monoisotopic (exact) mass is 273 g/mol. The molecule has 1 rings (SSSR count). The van der Waals surface area contributed by atoms with Gasteiger partial charge in [0.25, 0.3) is 0 Å². The van der Waals surface area contributed by atoms with E-state index in [1.54, 1.807) is 6.07 Å². The molecule has 0 bridgehead atoms. The van der Waals surface area contributed by atoms with Crippen LogP contribution in [0.3, 0.4) is 0 Å². The lowest BCUT2D eigenvalue weighted by Gasteiger charge is -2.11. The molecule has 0 radical (unpaired) electrons. The van der Waals surface area contributed by atoms with Gasteiger partial charge < -0.3 is 5.32 Å². The summed E-state index contributed by atoms with van der Waals surface area (Å²) in [6.07, 6.45) is 1.83. The Bertz CT molecular complexity index is 314. The molecule has 1 aromatic carbocycles. The van der Waals surface area contributed by atoms with Gasteiger partial charge in [-0.3, -0.25) is 0 Å². The van der Waals surface area contributed by atoms with Crippen LogP contribution in [0.2, 0.25) is 0 Å². The molecule has 0 aliphatic rings. The van der Waals surface area contributed by atoms with E-state index in [1.165, 1.54) is 6.07 Å². The topological polar surface area (TPSA) is 12.0 Å². The predicted octanol–water partition coefficient (Wildman–Crippen LogP) is 3.52. The van der Waals surface area contributed by atoms with Gasteiger partial charge in [-0.25, -0.2) is 4.39 Å². The molecular formula is C12H17BrFN. The third kappa shape index (κ3) is 4.31. The van der Waals surface area contributed by atoms with Gasteiger partial charge in [0.05, 0.1) is 0 Å². The van der Waals surface area contributed by atoms with Crippen LogP contribution < -0.4 is 5.32 Å². The Balaban J connectivity index is 2.46. The second-order valence-corrected chi connectivity index (χ2v) is 4.66. The summed E-state index contributed by atoms with van der Waals surface area (Å²) in [5, 5.41) is 3.35. The second-order valence-electron chi connectivity index (χ2n) is 3.75. The van der Waals surface area contributed by atoms with Crippen LogP contribution in [0.25, 0.3) is 0 Å². The zero-order valence-corrected chi connectivity index (χ0v) is 10.8. The third-order valence-electron chi connectivity index (χ3n) is 2.51. The Morgan fingerprint density at radius 2 is 2.20 bits per heavy atom. The summed E-state index contributed by atoms with van der Waals surface area (Å²) in [6.45, 7) is 5.09. The fourth-order valence-electron chi connectivity index (χ4n) is 1.33. The van der Waals surface area contributed by atoms with Gasteiger partial charge in [-0.05, 0) is 50.1 Å². The Hall–Kier alpha value is -0.410. The third-order valence-corrected chi connectivity index (χ3v) is 3.00. The minimum Gasteiger partial charge on any atom is -0.314 e. The van der Waals surface area contributed by atoms with Crippen molar-refractivity contribution in [1.82, 2.24) is 5.32 Å². The van der Waals surface area contributed by atoms with Crippen molar-refractivity contribution in [2.24, 2.45) is 0 Å². The molecule has 84 valence electrons. The maximum Gasteiger partial charge on any atom is 0.126 e. The van der Waals surface area contributed by atoms with E-state index in [0.29, 0.717) is 6.04 Å². The van der Waals surface area contributed by atoms with Gasteiger partial charge in [0, 0.05) is 10.5 Å². The lowest BCUT2D eigenvalue weighted by Crippen LogP contribution is -2.27. The fraction of sp³-hybridized carbons (Fsp3) is 0.500. The summed E-state index contributed by atoms with van der Waals surface area (Å²) >= 11 is 3.34. The molecule has 1 unspecified atom stereocenters. The van der Waals surface area contributed by atoms with Gasteiger partial charge in [-0.2, -0.15) is 0 Å². The van der Waals surface area contributed by atoms with Crippen LogP contribution in [-0.4, -0.2) is 12.6 Å². The maximum absolute atomic E-state index is 13.3. The van der Waals surface area contributed by atoms with Crippen LogP contribution in [-0.2, 0) is 6.42 Å². The summed E-state index contributed by atoms with van der Waals surface area (Å²) < 4.78 is 14.3. The SMILES string of the molecule is CCC(C)NCCc1cc(Br)ccc1F. The van der Waals surface area contributed by atoms with Gasteiger partial charge in [-0.15, -0.1) is 0 Å². The first-order valence-corrected chi connectivity index (χ1v) is 6.10. The van der Waals surface area contributed by atoms with Gasteiger partial charge in [-0.1, -0.05) is 22.9 Å². The van der Waals surface area contributed by atoms with Crippen LogP contribution in [0, 0.1) is 5.82 Å². The molecule has 0 amide bonds. The number of nitrogens with one attached hydrogen (secondary N) is 1. The molecule has 15 heavy (non-hydrogen) atoms. The number of hydrogen-bond donors (Lipinski definition) is 1. The molecule has 1 N–H and O–H groups in total. The van der Waals surface area contributed by atoms with Crippen molar-refractivity contribution in [3.63, 3.8) is 0 Å². The summed E-state index contributed by atoms with van der Waals surface area (Å²) in [4.78, 5) is 0. The summed E-state index contributed by atoms with van der Waals surface area (Å²) in [7, 11) is 0. The molecule has 1 atom stereocenters. The van der Waals surface area contributed by atoms with Gasteiger partial charge in [0.2, 0.25) is 0 Å². The molecule has 0 aliphatic carbocycles. The lowest BCUT2D eigenvalue weighted by atomic mass is 10.1. The molecule has 0 spiro atoms. The normalized spacial score (nSPS) is 12.8. The van der Waals surface area contributed by atoms with Gasteiger partial charge in [0.15, 0.2) is 0 Å². The van der Waals surface area contributed by atoms with E-state index in [9.17, 15) is 4.39 Å². The smallest absolute Gasteiger partial charge is 0.126 e.